The number of carbonyl (C=O) groups excluding carboxylic acids is 3. The Balaban J connectivity index is 1.80. The molecule has 0 heterocycles. The first kappa shape index (κ1) is 20.3. The van der Waals surface area contributed by atoms with Gasteiger partial charge in [-0.2, -0.15) is 0 Å². The third-order valence-corrected chi connectivity index (χ3v) is 5.02. The van der Waals surface area contributed by atoms with Crippen LogP contribution in [0.1, 0.15) is 44.3 Å². The molecular weight excluding hydrogens is 394 g/mol. The summed E-state index contributed by atoms with van der Waals surface area (Å²) in [4.78, 5) is 38.4. The highest BCUT2D eigenvalue weighted by Gasteiger charge is 2.34. The topological polar surface area (TPSA) is 81.7 Å². The largest absolute Gasteiger partial charge is 0.481 e. The number of nitrogens with one attached hydrogen (secondary N) is 1. The summed E-state index contributed by atoms with van der Waals surface area (Å²) >= 11 is 0. The molecule has 0 aliphatic heterocycles. The van der Waals surface area contributed by atoms with E-state index in [-0.39, 0.29) is 41.7 Å². The molecule has 0 radical (unpaired) electrons. The van der Waals surface area contributed by atoms with Crippen LogP contribution >= 0.6 is 0 Å². The molecule has 1 aliphatic carbocycles. The number of ether oxygens (including phenoxy) is 2. The molecule has 4 rings (SSSR count). The second-order valence-corrected chi connectivity index (χ2v) is 7.15. The van der Waals surface area contributed by atoms with Crippen LogP contribution in [-0.2, 0) is 9.53 Å². The molecule has 0 fully saturated rings. The van der Waals surface area contributed by atoms with E-state index in [0.29, 0.717) is 16.8 Å². The van der Waals surface area contributed by atoms with Crippen LogP contribution in [0.25, 0.3) is 0 Å². The maximum atomic E-state index is 13.4. The van der Waals surface area contributed by atoms with E-state index < -0.39 is 5.97 Å². The highest BCUT2D eigenvalue weighted by molar-refractivity contribution is 6.31. The first-order valence-corrected chi connectivity index (χ1v) is 9.97. The predicted octanol–water partition coefficient (Wildman–Crippen LogP) is 4.46. The lowest BCUT2D eigenvalue weighted by Crippen LogP contribution is -2.24. The summed E-state index contributed by atoms with van der Waals surface area (Å²) in [6, 6.07) is 17.7. The van der Waals surface area contributed by atoms with Crippen molar-refractivity contribution in [2.45, 2.75) is 13.8 Å². The Morgan fingerprint density at radius 3 is 2.16 bits per heavy atom. The number of anilines is 2. The number of rotatable bonds is 6. The fourth-order valence-corrected chi connectivity index (χ4v) is 3.55. The minimum atomic E-state index is -0.548. The van der Waals surface area contributed by atoms with Crippen molar-refractivity contribution in [3.63, 3.8) is 0 Å². The van der Waals surface area contributed by atoms with Crippen LogP contribution in [0.15, 0.2) is 60.7 Å². The summed E-state index contributed by atoms with van der Waals surface area (Å²) in [5.74, 6) is -0.975. The molecule has 0 amide bonds. The van der Waals surface area contributed by atoms with Crippen LogP contribution in [0, 0.1) is 6.92 Å². The molecule has 0 aromatic heterocycles. The molecule has 6 nitrogen and oxygen atoms in total. The molecule has 0 bridgehead atoms. The molecule has 1 N–H and O–H groups in total. The van der Waals surface area contributed by atoms with Gasteiger partial charge in [-0.25, -0.2) is 4.79 Å². The fourth-order valence-electron chi connectivity index (χ4n) is 3.55. The van der Waals surface area contributed by atoms with Gasteiger partial charge in [0.15, 0.2) is 18.2 Å². The van der Waals surface area contributed by atoms with Crippen molar-refractivity contribution in [3.8, 4) is 5.75 Å². The zero-order valence-corrected chi connectivity index (χ0v) is 17.2. The Morgan fingerprint density at radius 2 is 1.52 bits per heavy atom. The number of benzene rings is 3. The summed E-state index contributed by atoms with van der Waals surface area (Å²) in [5.41, 5.74) is 3.41. The fraction of sp³-hybridized carbons (Fsp3) is 0.160. The first-order chi connectivity index (χ1) is 15.0. The van der Waals surface area contributed by atoms with Gasteiger partial charge in [-0.1, -0.05) is 42.0 Å². The van der Waals surface area contributed by atoms with Crippen LogP contribution in [0.4, 0.5) is 11.4 Å². The lowest BCUT2D eigenvalue weighted by molar-refractivity contribution is -0.145. The third-order valence-electron chi connectivity index (χ3n) is 5.02. The van der Waals surface area contributed by atoms with Gasteiger partial charge in [0.2, 0.25) is 0 Å². The molecule has 3 aromatic rings. The zero-order chi connectivity index (χ0) is 22.0. The average Bonchev–Trinajstić information content (AvgIpc) is 2.78. The van der Waals surface area contributed by atoms with Gasteiger partial charge >= 0.3 is 5.97 Å². The van der Waals surface area contributed by atoms with Gasteiger partial charge < -0.3 is 14.8 Å². The highest BCUT2D eigenvalue weighted by atomic mass is 16.6. The highest BCUT2D eigenvalue weighted by Crippen LogP contribution is 2.38. The van der Waals surface area contributed by atoms with Crippen molar-refractivity contribution in [1.29, 1.82) is 0 Å². The molecule has 0 atom stereocenters. The SMILES string of the molecule is CCOC(=O)COc1ccc(Nc2ccc(C)cc2)c2c1C(=O)c1ccccc1C2=O. The normalized spacial score (nSPS) is 12.1. The van der Waals surface area contributed by atoms with E-state index in [4.69, 9.17) is 9.47 Å². The molecule has 0 unspecified atom stereocenters. The Labute approximate surface area is 179 Å². The minimum Gasteiger partial charge on any atom is -0.481 e. The number of aryl methyl sites for hydroxylation is 1. The molecular formula is C25H21NO5. The molecule has 0 saturated heterocycles. The molecule has 3 aromatic carbocycles. The molecule has 1 aliphatic rings. The van der Waals surface area contributed by atoms with Gasteiger partial charge in [-0.05, 0) is 38.1 Å². The van der Waals surface area contributed by atoms with E-state index in [1.165, 1.54) is 0 Å². The van der Waals surface area contributed by atoms with Gasteiger partial charge in [0.25, 0.3) is 0 Å². The van der Waals surface area contributed by atoms with Crippen LogP contribution in [0.2, 0.25) is 0 Å². The van der Waals surface area contributed by atoms with E-state index in [9.17, 15) is 14.4 Å². The van der Waals surface area contributed by atoms with E-state index in [0.717, 1.165) is 11.3 Å². The summed E-state index contributed by atoms with van der Waals surface area (Å²) < 4.78 is 10.5. The molecule has 31 heavy (non-hydrogen) atoms. The van der Waals surface area contributed by atoms with Crippen molar-refractivity contribution < 1.29 is 23.9 Å². The first-order valence-electron chi connectivity index (χ1n) is 9.97. The number of esters is 1. The molecule has 0 saturated carbocycles. The minimum absolute atomic E-state index is 0.144. The summed E-state index contributed by atoms with van der Waals surface area (Å²) in [5, 5.41) is 3.23. The quantitative estimate of drug-likeness (QED) is 0.469. The molecule has 6 heteroatoms. The molecule has 0 spiro atoms. The van der Waals surface area contributed by atoms with Crippen molar-refractivity contribution >= 4 is 28.9 Å². The van der Waals surface area contributed by atoms with Crippen molar-refractivity contribution in [3.05, 3.63) is 88.5 Å². The average molecular weight is 415 g/mol. The Morgan fingerprint density at radius 1 is 0.871 bits per heavy atom. The smallest absolute Gasteiger partial charge is 0.344 e. The van der Waals surface area contributed by atoms with Crippen molar-refractivity contribution in [2.75, 3.05) is 18.5 Å². The van der Waals surface area contributed by atoms with E-state index in [2.05, 4.69) is 5.32 Å². The number of carbonyl (C=O) groups is 3. The lowest BCUT2D eigenvalue weighted by Gasteiger charge is -2.23. The van der Waals surface area contributed by atoms with Gasteiger partial charge in [0.1, 0.15) is 5.75 Å². The summed E-state index contributed by atoms with van der Waals surface area (Å²) in [6.45, 7) is 3.56. The number of hydrogen-bond donors (Lipinski definition) is 1. The van der Waals surface area contributed by atoms with Crippen LogP contribution in [0.5, 0.6) is 5.75 Å². The predicted molar refractivity (Wildman–Crippen MR) is 116 cm³/mol. The van der Waals surface area contributed by atoms with Crippen LogP contribution in [-0.4, -0.2) is 30.7 Å². The second-order valence-electron chi connectivity index (χ2n) is 7.15. The maximum Gasteiger partial charge on any atom is 0.344 e. The van der Waals surface area contributed by atoms with E-state index in [1.807, 2.05) is 31.2 Å². The number of hydrogen-bond acceptors (Lipinski definition) is 6. The Bertz CT molecular complexity index is 1180. The van der Waals surface area contributed by atoms with Crippen LogP contribution in [0.3, 0.4) is 0 Å². The summed E-state index contributed by atoms with van der Waals surface area (Å²) in [6.07, 6.45) is 0. The maximum absolute atomic E-state index is 13.4. The van der Waals surface area contributed by atoms with Crippen molar-refractivity contribution in [1.82, 2.24) is 0 Å². The third kappa shape index (κ3) is 3.92. The van der Waals surface area contributed by atoms with E-state index >= 15 is 0 Å². The lowest BCUT2D eigenvalue weighted by atomic mass is 9.82. The monoisotopic (exact) mass is 415 g/mol. The standard InChI is InChI=1S/C25H21NO5/c1-3-30-21(27)14-31-20-13-12-19(26-16-10-8-15(2)9-11-16)22-23(20)25(29)18-7-5-4-6-17(18)24(22)28/h4-13,26H,3,14H2,1-2H3. The molecule has 156 valence electrons. The Kier molecular flexibility index (Phi) is 5.54. The van der Waals surface area contributed by atoms with Gasteiger partial charge in [-0.3, -0.25) is 9.59 Å². The van der Waals surface area contributed by atoms with Gasteiger partial charge in [0, 0.05) is 16.8 Å². The van der Waals surface area contributed by atoms with E-state index in [1.54, 1.807) is 43.3 Å². The zero-order valence-electron chi connectivity index (χ0n) is 17.2. The summed E-state index contributed by atoms with van der Waals surface area (Å²) in [7, 11) is 0. The number of ketones is 2. The second kappa shape index (κ2) is 8.44. The number of fused-ring (bicyclic) bond motifs is 2. The van der Waals surface area contributed by atoms with Crippen LogP contribution < -0.4 is 10.1 Å². The van der Waals surface area contributed by atoms with Crippen molar-refractivity contribution in [2.24, 2.45) is 0 Å². The van der Waals surface area contributed by atoms with Gasteiger partial charge in [0.05, 0.1) is 23.4 Å². The Hall–Kier alpha value is -3.93. The van der Waals surface area contributed by atoms with Gasteiger partial charge in [-0.15, -0.1) is 0 Å².